The van der Waals surface area contributed by atoms with E-state index in [0.29, 0.717) is 24.2 Å². The zero-order valence-electron chi connectivity index (χ0n) is 11.9. The first-order chi connectivity index (χ1) is 10.7. The standard InChI is InChI=1S/C15H16N4O3/c16-9-1-3-12-5-7-13(8-6-12)19-14(20)4-2-10-18-15(21)11-22-17/h5-8H,2,4,10-11,17H2,(H,18,21)(H,19,20). The Morgan fingerprint density at radius 3 is 2.59 bits per heavy atom. The third kappa shape index (κ3) is 7.06. The summed E-state index contributed by atoms with van der Waals surface area (Å²) in [6, 6.07) is 8.58. The van der Waals surface area contributed by atoms with Crippen molar-refractivity contribution in [2.45, 2.75) is 12.8 Å². The number of benzene rings is 1. The number of nitrogens with one attached hydrogen (secondary N) is 2. The maximum atomic E-state index is 11.7. The zero-order chi connectivity index (χ0) is 16.2. The molecule has 1 aromatic carbocycles. The molecule has 2 amide bonds. The lowest BCUT2D eigenvalue weighted by atomic mass is 10.2. The molecule has 0 atom stereocenters. The lowest BCUT2D eigenvalue weighted by Crippen LogP contribution is -2.30. The smallest absolute Gasteiger partial charge is 0.248 e. The van der Waals surface area contributed by atoms with Crippen molar-refractivity contribution in [2.24, 2.45) is 5.90 Å². The van der Waals surface area contributed by atoms with Crippen molar-refractivity contribution in [3.8, 4) is 17.9 Å². The minimum Gasteiger partial charge on any atom is -0.354 e. The summed E-state index contributed by atoms with van der Waals surface area (Å²) >= 11 is 0. The molecule has 0 fully saturated rings. The molecule has 0 unspecified atom stereocenters. The van der Waals surface area contributed by atoms with Crippen LogP contribution < -0.4 is 16.5 Å². The van der Waals surface area contributed by atoms with E-state index >= 15 is 0 Å². The molecule has 0 bridgehead atoms. The number of carbonyl (C=O) groups excluding carboxylic acids is 2. The van der Waals surface area contributed by atoms with E-state index in [1.165, 1.54) is 0 Å². The van der Waals surface area contributed by atoms with E-state index in [2.05, 4.69) is 27.3 Å². The minimum atomic E-state index is -0.322. The van der Waals surface area contributed by atoms with Crippen molar-refractivity contribution in [2.75, 3.05) is 18.5 Å². The van der Waals surface area contributed by atoms with Gasteiger partial charge in [-0.2, -0.15) is 5.26 Å². The average molecular weight is 300 g/mol. The van der Waals surface area contributed by atoms with E-state index in [0.717, 1.165) is 0 Å². The van der Waals surface area contributed by atoms with Crippen molar-refractivity contribution >= 4 is 17.5 Å². The number of rotatable bonds is 7. The highest BCUT2D eigenvalue weighted by Crippen LogP contribution is 2.09. The van der Waals surface area contributed by atoms with Gasteiger partial charge in [-0.15, -0.1) is 0 Å². The molecular weight excluding hydrogens is 284 g/mol. The van der Waals surface area contributed by atoms with Crippen molar-refractivity contribution in [1.82, 2.24) is 5.32 Å². The van der Waals surface area contributed by atoms with E-state index < -0.39 is 0 Å². The SMILES string of the molecule is N#CC#Cc1ccc(NC(=O)CCCNC(=O)CON)cc1. The fourth-order valence-electron chi connectivity index (χ4n) is 1.56. The number of hydrogen-bond donors (Lipinski definition) is 3. The van der Waals surface area contributed by atoms with Crippen LogP contribution in [0.3, 0.4) is 0 Å². The Morgan fingerprint density at radius 2 is 1.95 bits per heavy atom. The van der Waals surface area contributed by atoms with E-state index in [9.17, 15) is 9.59 Å². The molecule has 0 radical (unpaired) electrons. The molecule has 1 aromatic rings. The van der Waals surface area contributed by atoms with Crippen molar-refractivity contribution in [1.29, 1.82) is 5.26 Å². The summed E-state index contributed by atoms with van der Waals surface area (Å²) in [6.07, 6.45) is 0.785. The third-order valence-corrected chi connectivity index (χ3v) is 2.55. The molecule has 0 aliphatic carbocycles. The quantitative estimate of drug-likeness (QED) is 0.380. The maximum Gasteiger partial charge on any atom is 0.248 e. The second kappa shape index (κ2) is 9.94. The van der Waals surface area contributed by atoms with Gasteiger partial charge in [-0.1, -0.05) is 5.92 Å². The van der Waals surface area contributed by atoms with Crippen LogP contribution >= 0.6 is 0 Å². The molecular formula is C15H16N4O3. The summed E-state index contributed by atoms with van der Waals surface area (Å²) in [4.78, 5) is 26.9. The van der Waals surface area contributed by atoms with Crippen LogP contribution in [0.25, 0.3) is 0 Å². The molecule has 0 aromatic heterocycles. The van der Waals surface area contributed by atoms with Crippen LogP contribution in [0, 0.1) is 23.2 Å². The predicted molar refractivity (Wildman–Crippen MR) is 79.9 cm³/mol. The predicted octanol–water partition coefficient (Wildman–Crippen LogP) is 0.287. The molecule has 7 heteroatoms. The monoisotopic (exact) mass is 300 g/mol. The molecule has 0 aliphatic rings. The fraction of sp³-hybridized carbons (Fsp3) is 0.267. The Kier molecular flexibility index (Phi) is 7.77. The Balaban J connectivity index is 2.30. The van der Waals surface area contributed by atoms with Gasteiger partial charge in [0.05, 0.1) is 0 Å². The van der Waals surface area contributed by atoms with E-state index in [1.807, 2.05) is 0 Å². The number of hydrogen-bond acceptors (Lipinski definition) is 5. The second-order valence-electron chi connectivity index (χ2n) is 4.25. The molecule has 114 valence electrons. The molecule has 4 N–H and O–H groups in total. The Hall–Kier alpha value is -2.87. The fourth-order valence-corrected chi connectivity index (χ4v) is 1.56. The Bertz CT molecular complexity index is 608. The van der Waals surface area contributed by atoms with Gasteiger partial charge in [-0.3, -0.25) is 14.4 Å². The largest absolute Gasteiger partial charge is 0.354 e. The maximum absolute atomic E-state index is 11.7. The highest BCUT2D eigenvalue weighted by atomic mass is 16.6. The molecule has 1 rings (SSSR count). The number of nitrogens with zero attached hydrogens (tertiary/aromatic N) is 1. The minimum absolute atomic E-state index is 0.153. The van der Waals surface area contributed by atoms with Gasteiger partial charge in [0.2, 0.25) is 11.8 Å². The number of anilines is 1. The van der Waals surface area contributed by atoms with Gasteiger partial charge in [0.25, 0.3) is 0 Å². The molecule has 0 saturated carbocycles. The summed E-state index contributed by atoms with van der Waals surface area (Å²) in [5.41, 5.74) is 1.34. The van der Waals surface area contributed by atoms with Crippen LogP contribution in [-0.4, -0.2) is 25.0 Å². The first-order valence-corrected chi connectivity index (χ1v) is 6.54. The number of carbonyl (C=O) groups is 2. The van der Waals surface area contributed by atoms with Gasteiger partial charge in [0.1, 0.15) is 6.61 Å². The van der Waals surface area contributed by atoms with E-state index in [1.54, 1.807) is 30.3 Å². The highest BCUT2D eigenvalue weighted by Gasteiger charge is 2.04. The number of nitrogens with two attached hydrogens (primary N) is 1. The van der Waals surface area contributed by atoms with Crippen molar-refractivity contribution in [3.05, 3.63) is 29.8 Å². The lowest BCUT2D eigenvalue weighted by Gasteiger charge is -2.06. The van der Waals surface area contributed by atoms with Gasteiger partial charge in [-0.05, 0) is 30.7 Å². The van der Waals surface area contributed by atoms with Crippen LogP contribution in [0.1, 0.15) is 18.4 Å². The molecule has 0 spiro atoms. The van der Waals surface area contributed by atoms with Crippen LogP contribution in [0.15, 0.2) is 24.3 Å². The summed E-state index contributed by atoms with van der Waals surface area (Å²) in [5.74, 6) is 9.23. The number of amides is 2. The number of nitriles is 1. The molecule has 0 heterocycles. The second-order valence-corrected chi connectivity index (χ2v) is 4.25. The van der Waals surface area contributed by atoms with E-state index in [-0.39, 0.29) is 24.8 Å². The molecule has 22 heavy (non-hydrogen) atoms. The molecule has 0 aliphatic heterocycles. The van der Waals surface area contributed by atoms with Gasteiger partial charge in [0.15, 0.2) is 6.07 Å². The molecule has 7 nitrogen and oxygen atoms in total. The third-order valence-electron chi connectivity index (χ3n) is 2.55. The topological polar surface area (TPSA) is 117 Å². The first kappa shape index (κ1) is 17.2. The van der Waals surface area contributed by atoms with E-state index in [4.69, 9.17) is 11.2 Å². The zero-order valence-corrected chi connectivity index (χ0v) is 11.9. The summed E-state index contributed by atoms with van der Waals surface area (Å²) < 4.78 is 0. The summed E-state index contributed by atoms with van der Waals surface area (Å²) in [6.45, 7) is 0.172. The van der Waals surface area contributed by atoms with Crippen LogP contribution in [0.2, 0.25) is 0 Å². The van der Waals surface area contributed by atoms with Crippen molar-refractivity contribution in [3.63, 3.8) is 0 Å². The van der Waals surface area contributed by atoms with Crippen molar-refractivity contribution < 1.29 is 14.4 Å². The van der Waals surface area contributed by atoms with Crippen LogP contribution in [0.4, 0.5) is 5.69 Å². The Labute approximate surface area is 128 Å². The summed E-state index contributed by atoms with van der Waals surface area (Å²) in [5, 5.41) is 13.6. The van der Waals surface area contributed by atoms with Gasteiger partial charge in [-0.25, -0.2) is 5.90 Å². The normalized spacial score (nSPS) is 9.09. The average Bonchev–Trinajstić information content (AvgIpc) is 2.51. The Morgan fingerprint density at radius 1 is 1.23 bits per heavy atom. The lowest BCUT2D eigenvalue weighted by molar-refractivity contribution is -0.126. The van der Waals surface area contributed by atoms with Gasteiger partial charge >= 0.3 is 0 Å². The highest BCUT2D eigenvalue weighted by molar-refractivity contribution is 5.90. The molecule has 0 saturated heterocycles. The van der Waals surface area contributed by atoms with Crippen LogP contribution in [0.5, 0.6) is 0 Å². The van der Waals surface area contributed by atoms with Gasteiger partial charge < -0.3 is 10.6 Å². The van der Waals surface area contributed by atoms with Gasteiger partial charge in [0, 0.05) is 30.1 Å². The summed E-state index contributed by atoms with van der Waals surface area (Å²) in [7, 11) is 0. The van der Waals surface area contributed by atoms with Crippen LogP contribution in [-0.2, 0) is 14.4 Å². The first-order valence-electron chi connectivity index (χ1n) is 6.54.